The molecule has 6 rings (SSSR count). The van der Waals surface area contributed by atoms with Gasteiger partial charge in [-0.05, 0) is 46.0 Å². The standard InChI is InChI=1S/C30H28F3NO5/c1-37-22-11-18(10-19(12-22)30(31,32)33)29(36)13-20-15-38-16-21(14-29)34(20)28(35)39-17-27-25-8-4-2-6-23(25)24-7-3-5-9-26(24)27/h2-12,20-21,27,36H,13-17H2,1H3. The molecule has 3 aliphatic rings. The lowest BCUT2D eigenvalue weighted by Gasteiger charge is -2.51. The third kappa shape index (κ3) is 4.53. The van der Waals surface area contributed by atoms with Crippen molar-refractivity contribution in [2.75, 3.05) is 26.9 Å². The number of carbonyl (C=O) groups excluding carboxylic acids is 1. The number of benzene rings is 3. The quantitative estimate of drug-likeness (QED) is 0.460. The summed E-state index contributed by atoms with van der Waals surface area (Å²) in [5.74, 6) is -0.0923. The van der Waals surface area contributed by atoms with Crippen molar-refractivity contribution in [1.82, 2.24) is 4.90 Å². The molecule has 1 N–H and O–H groups in total. The first kappa shape index (κ1) is 25.7. The van der Waals surface area contributed by atoms with Crippen LogP contribution in [0.25, 0.3) is 11.1 Å². The number of fused-ring (bicyclic) bond motifs is 5. The van der Waals surface area contributed by atoms with E-state index >= 15 is 0 Å². The van der Waals surface area contributed by atoms with E-state index in [0.29, 0.717) is 0 Å². The number of aliphatic hydroxyl groups is 1. The zero-order valence-corrected chi connectivity index (χ0v) is 21.3. The molecule has 1 aliphatic carbocycles. The number of hydrogen-bond acceptors (Lipinski definition) is 5. The molecule has 6 nitrogen and oxygen atoms in total. The van der Waals surface area contributed by atoms with Gasteiger partial charge in [0, 0.05) is 18.8 Å². The molecule has 2 aliphatic heterocycles. The smallest absolute Gasteiger partial charge is 0.416 e. The fourth-order valence-corrected chi connectivity index (χ4v) is 6.33. The van der Waals surface area contributed by atoms with E-state index in [0.717, 1.165) is 34.4 Å². The minimum atomic E-state index is -4.60. The number of methoxy groups -OCH3 is 1. The first-order valence-electron chi connectivity index (χ1n) is 12.9. The Morgan fingerprint density at radius 1 is 1.00 bits per heavy atom. The molecule has 2 unspecified atom stereocenters. The molecule has 2 bridgehead atoms. The van der Waals surface area contributed by atoms with Crippen LogP contribution >= 0.6 is 0 Å². The van der Waals surface area contributed by atoms with Crippen molar-refractivity contribution in [3.05, 3.63) is 89.0 Å². The molecule has 39 heavy (non-hydrogen) atoms. The Kier molecular flexibility index (Phi) is 6.31. The van der Waals surface area contributed by atoms with Crippen LogP contribution in [0.4, 0.5) is 18.0 Å². The molecule has 204 valence electrons. The molecule has 2 saturated heterocycles. The molecule has 3 aromatic carbocycles. The van der Waals surface area contributed by atoms with E-state index in [9.17, 15) is 23.1 Å². The maximum atomic E-state index is 13.5. The lowest BCUT2D eigenvalue weighted by Crippen LogP contribution is -2.62. The zero-order chi connectivity index (χ0) is 27.4. The molecule has 1 amide bonds. The van der Waals surface area contributed by atoms with E-state index in [1.54, 1.807) is 4.90 Å². The van der Waals surface area contributed by atoms with Gasteiger partial charge in [0.2, 0.25) is 0 Å². The highest BCUT2D eigenvalue weighted by molar-refractivity contribution is 5.79. The van der Waals surface area contributed by atoms with Crippen LogP contribution in [-0.2, 0) is 21.3 Å². The third-order valence-corrected chi connectivity index (χ3v) is 8.11. The second-order valence-electron chi connectivity index (χ2n) is 10.4. The summed E-state index contributed by atoms with van der Waals surface area (Å²) in [7, 11) is 1.28. The number of alkyl halides is 3. The largest absolute Gasteiger partial charge is 0.497 e. The summed E-state index contributed by atoms with van der Waals surface area (Å²) in [5.41, 5.74) is 2.07. The van der Waals surface area contributed by atoms with Crippen molar-refractivity contribution in [2.24, 2.45) is 0 Å². The highest BCUT2D eigenvalue weighted by atomic mass is 19.4. The van der Waals surface area contributed by atoms with Crippen molar-refractivity contribution in [3.8, 4) is 16.9 Å². The van der Waals surface area contributed by atoms with Gasteiger partial charge in [0.1, 0.15) is 12.4 Å². The Hall–Kier alpha value is -3.56. The van der Waals surface area contributed by atoms with E-state index in [-0.39, 0.29) is 49.9 Å². The molecule has 2 fully saturated rings. The number of rotatable bonds is 4. The van der Waals surface area contributed by atoms with Gasteiger partial charge in [-0.15, -0.1) is 0 Å². The number of piperidine rings is 1. The summed E-state index contributed by atoms with van der Waals surface area (Å²) in [6, 6.07) is 18.3. The van der Waals surface area contributed by atoms with Gasteiger partial charge < -0.3 is 19.3 Å². The number of nitrogens with zero attached hydrogens (tertiary/aromatic N) is 1. The van der Waals surface area contributed by atoms with E-state index in [1.165, 1.54) is 13.2 Å². The van der Waals surface area contributed by atoms with Gasteiger partial charge in [-0.3, -0.25) is 4.90 Å². The molecule has 2 atom stereocenters. The van der Waals surface area contributed by atoms with Crippen LogP contribution in [0.2, 0.25) is 0 Å². The van der Waals surface area contributed by atoms with Crippen LogP contribution in [-0.4, -0.2) is 55.1 Å². The van der Waals surface area contributed by atoms with Gasteiger partial charge in [-0.2, -0.15) is 13.2 Å². The van der Waals surface area contributed by atoms with Gasteiger partial charge >= 0.3 is 12.3 Å². The van der Waals surface area contributed by atoms with Crippen LogP contribution < -0.4 is 4.74 Å². The summed E-state index contributed by atoms with van der Waals surface area (Å²) in [5, 5.41) is 11.6. The highest BCUT2D eigenvalue weighted by Gasteiger charge is 2.50. The summed E-state index contributed by atoms with van der Waals surface area (Å²) in [6.45, 7) is 0.455. The number of ether oxygens (including phenoxy) is 3. The second kappa shape index (κ2) is 9.57. The molecular formula is C30H28F3NO5. The lowest BCUT2D eigenvalue weighted by atomic mass is 9.76. The lowest BCUT2D eigenvalue weighted by molar-refractivity contribution is -0.140. The summed E-state index contributed by atoms with van der Waals surface area (Å²) in [4.78, 5) is 15.0. The number of hydrogen-bond donors (Lipinski definition) is 1. The monoisotopic (exact) mass is 539 g/mol. The predicted octanol–water partition coefficient (Wildman–Crippen LogP) is 5.71. The Morgan fingerprint density at radius 3 is 2.15 bits per heavy atom. The van der Waals surface area contributed by atoms with Crippen molar-refractivity contribution < 1.29 is 37.3 Å². The summed E-state index contributed by atoms with van der Waals surface area (Å²) >= 11 is 0. The molecule has 2 heterocycles. The van der Waals surface area contributed by atoms with Gasteiger partial charge in [0.15, 0.2) is 0 Å². The molecule has 0 radical (unpaired) electrons. The van der Waals surface area contributed by atoms with Gasteiger partial charge in [-0.25, -0.2) is 4.79 Å². The molecular weight excluding hydrogens is 511 g/mol. The fraction of sp³-hybridized carbons (Fsp3) is 0.367. The normalized spacial score (nSPS) is 24.2. The first-order chi connectivity index (χ1) is 18.7. The summed E-state index contributed by atoms with van der Waals surface area (Å²) in [6.07, 6.45) is -5.09. The Labute approximate surface area is 223 Å². The van der Waals surface area contributed by atoms with Gasteiger partial charge in [-0.1, -0.05) is 48.5 Å². The van der Waals surface area contributed by atoms with E-state index in [1.807, 2.05) is 36.4 Å². The van der Waals surface area contributed by atoms with Crippen LogP contribution in [0, 0.1) is 0 Å². The summed E-state index contributed by atoms with van der Waals surface area (Å²) < 4.78 is 57.3. The Balaban J connectivity index is 1.22. The zero-order valence-electron chi connectivity index (χ0n) is 21.3. The van der Waals surface area contributed by atoms with Crippen LogP contribution in [0.5, 0.6) is 5.75 Å². The molecule has 0 saturated carbocycles. The minimum absolute atomic E-state index is 0.00799. The van der Waals surface area contributed by atoms with Crippen LogP contribution in [0.1, 0.15) is 41.0 Å². The first-order valence-corrected chi connectivity index (χ1v) is 12.9. The number of carbonyl (C=O) groups is 1. The SMILES string of the molecule is COc1cc(C(F)(F)F)cc(C2(O)CC3COCC(C2)N3C(=O)OCC2c3ccccc3-c3ccccc32)c1. The van der Waals surface area contributed by atoms with E-state index in [4.69, 9.17) is 14.2 Å². The second-order valence-corrected chi connectivity index (χ2v) is 10.4. The van der Waals surface area contributed by atoms with Crippen LogP contribution in [0.3, 0.4) is 0 Å². The fourth-order valence-electron chi connectivity index (χ4n) is 6.33. The molecule has 0 aromatic heterocycles. The topological polar surface area (TPSA) is 68.2 Å². The van der Waals surface area contributed by atoms with Crippen molar-refractivity contribution in [3.63, 3.8) is 0 Å². The molecule has 3 aromatic rings. The van der Waals surface area contributed by atoms with E-state index < -0.39 is 35.5 Å². The van der Waals surface area contributed by atoms with Crippen molar-refractivity contribution >= 4 is 6.09 Å². The Bertz CT molecular complexity index is 1350. The molecule has 9 heteroatoms. The van der Waals surface area contributed by atoms with Gasteiger partial charge in [0.25, 0.3) is 0 Å². The third-order valence-electron chi connectivity index (χ3n) is 8.11. The highest BCUT2D eigenvalue weighted by Crippen LogP contribution is 2.46. The van der Waals surface area contributed by atoms with Gasteiger partial charge in [0.05, 0.1) is 43.6 Å². The van der Waals surface area contributed by atoms with Crippen LogP contribution in [0.15, 0.2) is 66.7 Å². The van der Waals surface area contributed by atoms with E-state index in [2.05, 4.69) is 12.1 Å². The number of amides is 1. The number of halogens is 3. The molecule has 0 spiro atoms. The maximum Gasteiger partial charge on any atom is 0.416 e. The average Bonchev–Trinajstić information content (AvgIpc) is 3.24. The number of morpholine rings is 1. The predicted molar refractivity (Wildman–Crippen MR) is 136 cm³/mol. The average molecular weight is 540 g/mol. The van der Waals surface area contributed by atoms with Crippen molar-refractivity contribution in [1.29, 1.82) is 0 Å². The van der Waals surface area contributed by atoms with Crippen molar-refractivity contribution in [2.45, 2.75) is 42.6 Å². The maximum absolute atomic E-state index is 13.5. The Morgan fingerprint density at radius 2 is 1.59 bits per heavy atom. The minimum Gasteiger partial charge on any atom is -0.497 e.